The summed E-state index contributed by atoms with van der Waals surface area (Å²) in [7, 11) is 0. The molecule has 0 spiro atoms. The van der Waals surface area contributed by atoms with Crippen molar-refractivity contribution < 1.29 is 4.79 Å². The number of hydrogen-bond acceptors (Lipinski definition) is 2. The number of hydrogen-bond donors (Lipinski definition) is 1. The SMILES string of the molecule is C[C@H](c1ccccc1)N1CCC1C(N)=O. The van der Waals surface area contributed by atoms with Gasteiger partial charge in [-0.25, -0.2) is 0 Å². The number of likely N-dealkylation sites (tertiary alicyclic amines) is 1. The highest BCUT2D eigenvalue weighted by Crippen LogP contribution is 2.29. The minimum absolute atomic E-state index is 0.0693. The smallest absolute Gasteiger partial charge is 0.234 e. The lowest BCUT2D eigenvalue weighted by Gasteiger charge is -2.43. The second-order valence-corrected chi connectivity index (χ2v) is 4.03. The Hall–Kier alpha value is -1.35. The highest BCUT2D eigenvalue weighted by molar-refractivity contribution is 5.80. The fraction of sp³-hybridized carbons (Fsp3) is 0.417. The second kappa shape index (κ2) is 4.03. The van der Waals surface area contributed by atoms with Crippen LogP contribution in [0.3, 0.4) is 0 Å². The van der Waals surface area contributed by atoms with Crippen LogP contribution in [0.15, 0.2) is 30.3 Å². The Morgan fingerprint density at radius 2 is 2.13 bits per heavy atom. The van der Waals surface area contributed by atoms with Crippen molar-refractivity contribution >= 4 is 5.91 Å². The van der Waals surface area contributed by atoms with E-state index < -0.39 is 0 Å². The zero-order valence-corrected chi connectivity index (χ0v) is 8.89. The molecule has 1 unspecified atom stereocenters. The van der Waals surface area contributed by atoms with Crippen molar-refractivity contribution in [1.82, 2.24) is 4.90 Å². The molecule has 2 rings (SSSR count). The van der Waals surface area contributed by atoms with Crippen LogP contribution in [-0.4, -0.2) is 23.4 Å². The van der Waals surface area contributed by atoms with Crippen molar-refractivity contribution in [3.63, 3.8) is 0 Å². The van der Waals surface area contributed by atoms with E-state index in [-0.39, 0.29) is 18.0 Å². The first-order valence-corrected chi connectivity index (χ1v) is 5.30. The number of carbonyl (C=O) groups excluding carboxylic acids is 1. The number of benzene rings is 1. The van der Waals surface area contributed by atoms with E-state index in [2.05, 4.69) is 24.0 Å². The molecule has 1 aromatic rings. The van der Waals surface area contributed by atoms with E-state index in [4.69, 9.17) is 5.73 Å². The molecule has 1 amide bonds. The maximum Gasteiger partial charge on any atom is 0.234 e. The van der Waals surface area contributed by atoms with Gasteiger partial charge in [-0.1, -0.05) is 30.3 Å². The lowest BCUT2D eigenvalue weighted by atomic mass is 9.96. The van der Waals surface area contributed by atoms with Crippen molar-refractivity contribution in [2.75, 3.05) is 6.54 Å². The van der Waals surface area contributed by atoms with Gasteiger partial charge in [-0.2, -0.15) is 0 Å². The molecule has 1 aliphatic heterocycles. The van der Waals surface area contributed by atoms with Crippen LogP contribution in [0.1, 0.15) is 24.9 Å². The Labute approximate surface area is 89.9 Å². The van der Waals surface area contributed by atoms with Gasteiger partial charge in [0.1, 0.15) is 0 Å². The monoisotopic (exact) mass is 204 g/mol. The highest BCUT2D eigenvalue weighted by Gasteiger charge is 2.35. The van der Waals surface area contributed by atoms with Crippen LogP contribution in [-0.2, 0) is 4.79 Å². The Kier molecular flexibility index (Phi) is 2.73. The number of rotatable bonds is 3. The van der Waals surface area contributed by atoms with Gasteiger partial charge in [-0.3, -0.25) is 9.69 Å². The number of nitrogens with two attached hydrogens (primary N) is 1. The van der Waals surface area contributed by atoms with Crippen molar-refractivity contribution in [2.24, 2.45) is 5.73 Å². The lowest BCUT2D eigenvalue weighted by Crippen LogP contribution is -2.55. The molecule has 80 valence electrons. The van der Waals surface area contributed by atoms with E-state index >= 15 is 0 Å². The molecular formula is C12H16N2O. The van der Waals surface area contributed by atoms with E-state index in [1.807, 2.05) is 18.2 Å². The van der Waals surface area contributed by atoms with Gasteiger partial charge in [-0.05, 0) is 18.9 Å². The lowest BCUT2D eigenvalue weighted by molar-refractivity contribution is -0.129. The zero-order chi connectivity index (χ0) is 10.8. The maximum absolute atomic E-state index is 11.1. The summed E-state index contributed by atoms with van der Waals surface area (Å²) in [5.74, 6) is -0.205. The van der Waals surface area contributed by atoms with Gasteiger partial charge in [-0.15, -0.1) is 0 Å². The van der Waals surface area contributed by atoms with Gasteiger partial charge in [0, 0.05) is 12.6 Å². The first kappa shape index (κ1) is 10.2. The third-order valence-electron chi connectivity index (χ3n) is 3.17. The van der Waals surface area contributed by atoms with Crippen molar-refractivity contribution in [3.05, 3.63) is 35.9 Å². The first-order valence-electron chi connectivity index (χ1n) is 5.30. The molecule has 0 radical (unpaired) electrons. The normalized spacial score (nSPS) is 23.1. The quantitative estimate of drug-likeness (QED) is 0.806. The van der Waals surface area contributed by atoms with Gasteiger partial charge in [0.15, 0.2) is 0 Å². The number of primary amides is 1. The third-order valence-corrected chi connectivity index (χ3v) is 3.17. The average Bonchev–Trinajstić information content (AvgIpc) is 2.16. The van der Waals surface area contributed by atoms with E-state index in [0.717, 1.165) is 13.0 Å². The van der Waals surface area contributed by atoms with Gasteiger partial charge in [0.25, 0.3) is 0 Å². The van der Waals surface area contributed by atoms with Gasteiger partial charge < -0.3 is 5.73 Å². The molecule has 2 N–H and O–H groups in total. The number of amides is 1. The topological polar surface area (TPSA) is 46.3 Å². The minimum Gasteiger partial charge on any atom is -0.368 e. The third kappa shape index (κ3) is 1.88. The molecule has 0 aliphatic carbocycles. The molecule has 15 heavy (non-hydrogen) atoms. The van der Waals surface area contributed by atoms with Crippen LogP contribution < -0.4 is 5.73 Å². The van der Waals surface area contributed by atoms with E-state index in [9.17, 15) is 4.79 Å². The fourth-order valence-corrected chi connectivity index (χ4v) is 2.10. The van der Waals surface area contributed by atoms with Gasteiger partial charge in [0.2, 0.25) is 5.91 Å². The molecular weight excluding hydrogens is 188 g/mol. The number of carbonyl (C=O) groups is 1. The Balaban J connectivity index is 2.09. The van der Waals surface area contributed by atoms with Crippen molar-refractivity contribution in [2.45, 2.75) is 25.4 Å². The average molecular weight is 204 g/mol. The summed E-state index contributed by atoms with van der Waals surface area (Å²) in [5.41, 5.74) is 6.56. The van der Waals surface area contributed by atoms with Crippen LogP contribution in [0.2, 0.25) is 0 Å². The second-order valence-electron chi connectivity index (χ2n) is 4.03. The number of nitrogens with zero attached hydrogens (tertiary/aromatic N) is 1. The zero-order valence-electron chi connectivity index (χ0n) is 8.89. The van der Waals surface area contributed by atoms with Gasteiger partial charge >= 0.3 is 0 Å². The van der Waals surface area contributed by atoms with Crippen molar-refractivity contribution in [1.29, 1.82) is 0 Å². The Morgan fingerprint density at radius 1 is 1.47 bits per heavy atom. The summed E-state index contributed by atoms with van der Waals surface area (Å²) in [6.07, 6.45) is 0.895. The molecule has 1 heterocycles. The standard InChI is InChI=1S/C12H16N2O/c1-9(10-5-3-2-4-6-10)14-8-7-11(14)12(13)15/h2-6,9,11H,7-8H2,1H3,(H2,13,15)/t9-,11?/m1/s1. The Bertz CT molecular complexity index is 350. The summed E-state index contributed by atoms with van der Waals surface area (Å²) in [6.45, 7) is 3.08. The predicted octanol–water partition coefficient (Wildman–Crippen LogP) is 1.31. The molecule has 0 bridgehead atoms. The van der Waals surface area contributed by atoms with Crippen LogP contribution in [0.4, 0.5) is 0 Å². The summed E-state index contributed by atoms with van der Waals surface area (Å²) < 4.78 is 0. The van der Waals surface area contributed by atoms with Crippen LogP contribution in [0.25, 0.3) is 0 Å². The maximum atomic E-state index is 11.1. The molecule has 1 aliphatic rings. The largest absolute Gasteiger partial charge is 0.368 e. The molecule has 2 atom stereocenters. The molecule has 0 aromatic heterocycles. The molecule has 0 saturated carbocycles. The molecule has 3 nitrogen and oxygen atoms in total. The minimum atomic E-state index is -0.205. The molecule has 1 fully saturated rings. The van der Waals surface area contributed by atoms with E-state index in [1.165, 1.54) is 5.56 Å². The molecule has 1 saturated heterocycles. The van der Waals surface area contributed by atoms with Crippen molar-refractivity contribution in [3.8, 4) is 0 Å². The molecule has 3 heteroatoms. The van der Waals surface area contributed by atoms with Gasteiger partial charge in [0.05, 0.1) is 6.04 Å². The van der Waals surface area contributed by atoms with Crippen LogP contribution in [0.5, 0.6) is 0 Å². The summed E-state index contributed by atoms with van der Waals surface area (Å²) in [5, 5.41) is 0. The predicted molar refractivity (Wildman–Crippen MR) is 59.2 cm³/mol. The summed E-state index contributed by atoms with van der Waals surface area (Å²) in [6, 6.07) is 10.4. The summed E-state index contributed by atoms with van der Waals surface area (Å²) in [4.78, 5) is 13.3. The first-order chi connectivity index (χ1) is 7.20. The van der Waals surface area contributed by atoms with Crippen LogP contribution >= 0.6 is 0 Å². The van der Waals surface area contributed by atoms with E-state index in [1.54, 1.807) is 0 Å². The summed E-state index contributed by atoms with van der Waals surface area (Å²) >= 11 is 0. The molecule has 1 aromatic carbocycles. The van der Waals surface area contributed by atoms with E-state index in [0.29, 0.717) is 0 Å². The fourth-order valence-electron chi connectivity index (χ4n) is 2.10. The highest BCUT2D eigenvalue weighted by atomic mass is 16.1. The van der Waals surface area contributed by atoms with Crippen LogP contribution in [0, 0.1) is 0 Å². The Morgan fingerprint density at radius 3 is 2.60 bits per heavy atom.